The van der Waals surface area contributed by atoms with Crippen LogP contribution in [0.5, 0.6) is 5.75 Å². The minimum Gasteiger partial charge on any atom is -0.494 e. The average Bonchev–Trinajstić information content (AvgIpc) is 3.56. The molecule has 0 unspecified atom stereocenters. The van der Waals surface area contributed by atoms with Crippen molar-refractivity contribution in [2.75, 3.05) is 38.3 Å². The van der Waals surface area contributed by atoms with Gasteiger partial charge in [0.05, 0.1) is 25.0 Å². The molecule has 0 spiro atoms. The Morgan fingerprint density at radius 3 is 2.45 bits per heavy atom. The van der Waals surface area contributed by atoms with E-state index < -0.39 is 12.0 Å². The Balaban J connectivity index is 1.37. The second kappa shape index (κ2) is 14.2. The molecule has 1 aliphatic heterocycles. The second-order valence-electron chi connectivity index (χ2n) is 12.4. The van der Waals surface area contributed by atoms with Crippen LogP contribution < -0.4 is 15.0 Å². The second-order valence-corrected chi connectivity index (χ2v) is 12.4. The maximum atomic E-state index is 14.4. The number of carbonyl (C=O) groups excluding carboxylic acids is 3. The predicted molar refractivity (Wildman–Crippen MR) is 191 cm³/mol. The Labute approximate surface area is 286 Å². The lowest BCUT2D eigenvalue weighted by Gasteiger charge is -2.41. The van der Waals surface area contributed by atoms with Crippen LogP contribution in [0.15, 0.2) is 91.1 Å². The molecule has 0 saturated carbocycles. The summed E-state index contributed by atoms with van der Waals surface area (Å²) in [5.74, 6) is 0.273. The molecule has 0 bridgehead atoms. The van der Waals surface area contributed by atoms with Crippen molar-refractivity contribution >= 4 is 34.2 Å². The zero-order valence-electron chi connectivity index (χ0n) is 28.5. The number of carbonyl (C=O) groups is 3. The van der Waals surface area contributed by atoms with Crippen LogP contribution in [0.25, 0.3) is 27.8 Å². The quantitative estimate of drug-likeness (QED) is 0.192. The molecule has 252 valence electrons. The predicted octanol–water partition coefficient (Wildman–Crippen LogP) is 6.04. The zero-order valence-corrected chi connectivity index (χ0v) is 28.5. The lowest BCUT2D eigenvalue weighted by atomic mass is 10.0. The summed E-state index contributed by atoms with van der Waals surface area (Å²) in [5.41, 5.74) is 4.20. The summed E-state index contributed by atoms with van der Waals surface area (Å²) >= 11 is 0. The Bertz CT molecular complexity index is 2000. The third-order valence-corrected chi connectivity index (χ3v) is 8.63. The molecule has 49 heavy (non-hydrogen) atoms. The number of anilines is 1. The fourth-order valence-electron chi connectivity index (χ4n) is 6.25. The van der Waals surface area contributed by atoms with Crippen LogP contribution in [0, 0.1) is 6.92 Å². The molecule has 4 aromatic carbocycles. The molecule has 1 saturated heterocycles. The molecule has 6 rings (SSSR count). The van der Waals surface area contributed by atoms with Gasteiger partial charge in [-0.05, 0) is 62.7 Å². The van der Waals surface area contributed by atoms with Gasteiger partial charge in [-0.1, -0.05) is 60.2 Å². The first-order chi connectivity index (χ1) is 23.7. The van der Waals surface area contributed by atoms with E-state index in [4.69, 9.17) is 14.5 Å². The summed E-state index contributed by atoms with van der Waals surface area (Å²) in [6.45, 7) is 9.20. The third kappa shape index (κ3) is 6.99. The van der Waals surface area contributed by atoms with E-state index in [9.17, 15) is 14.4 Å². The van der Waals surface area contributed by atoms with E-state index in [1.807, 2.05) is 116 Å². The van der Waals surface area contributed by atoms with Crippen LogP contribution in [-0.2, 0) is 9.53 Å². The van der Waals surface area contributed by atoms with Gasteiger partial charge in [0.2, 0.25) is 5.91 Å². The maximum Gasteiger partial charge on any atom is 0.338 e. The zero-order chi connectivity index (χ0) is 34.7. The number of aromatic nitrogens is 2. The molecular formula is C39H41N5O5. The van der Waals surface area contributed by atoms with E-state index >= 15 is 0 Å². The number of hydrogen-bond acceptors (Lipinski definition) is 7. The molecule has 0 aliphatic carbocycles. The van der Waals surface area contributed by atoms with Crippen LogP contribution in [0.1, 0.15) is 47.2 Å². The van der Waals surface area contributed by atoms with E-state index in [0.717, 1.165) is 33.3 Å². The molecule has 10 heteroatoms. The number of methoxy groups -OCH3 is 1. The van der Waals surface area contributed by atoms with Crippen LogP contribution in [0.2, 0.25) is 0 Å². The number of ether oxygens (including phenoxy) is 2. The Kier molecular flexibility index (Phi) is 9.66. The van der Waals surface area contributed by atoms with E-state index in [-0.39, 0.29) is 36.6 Å². The van der Waals surface area contributed by atoms with E-state index in [1.54, 1.807) is 17.2 Å². The number of amides is 2. The van der Waals surface area contributed by atoms with Crippen LogP contribution in [0.3, 0.4) is 0 Å². The first kappa shape index (κ1) is 33.3. The number of nitrogens with one attached hydrogen (secondary N) is 1. The number of fused-ring (bicyclic) bond motifs is 1. The Morgan fingerprint density at radius 1 is 0.939 bits per heavy atom. The summed E-state index contributed by atoms with van der Waals surface area (Å²) in [4.78, 5) is 49.5. The van der Waals surface area contributed by atoms with Crippen LogP contribution in [-0.4, -0.2) is 77.7 Å². The van der Waals surface area contributed by atoms with Gasteiger partial charge in [0, 0.05) is 49.2 Å². The molecule has 1 N–H and O–H groups in total. The van der Waals surface area contributed by atoms with Crippen molar-refractivity contribution in [1.82, 2.24) is 19.8 Å². The first-order valence-corrected chi connectivity index (χ1v) is 16.5. The van der Waals surface area contributed by atoms with Crippen molar-refractivity contribution in [3.05, 3.63) is 108 Å². The van der Waals surface area contributed by atoms with Crippen LogP contribution >= 0.6 is 0 Å². The largest absolute Gasteiger partial charge is 0.494 e. The van der Waals surface area contributed by atoms with Crippen molar-refractivity contribution < 1.29 is 23.9 Å². The number of nitrogens with zero attached hydrogens (tertiary/aromatic N) is 4. The highest BCUT2D eigenvalue weighted by Crippen LogP contribution is 2.30. The number of benzene rings is 4. The van der Waals surface area contributed by atoms with E-state index in [2.05, 4.69) is 5.32 Å². The Morgan fingerprint density at radius 2 is 1.71 bits per heavy atom. The van der Waals surface area contributed by atoms with Gasteiger partial charge in [0.25, 0.3) is 5.91 Å². The molecular weight excluding hydrogens is 618 g/mol. The van der Waals surface area contributed by atoms with Gasteiger partial charge >= 0.3 is 5.97 Å². The van der Waals surface area contributed by atoms with Crippen molar-refractivity contribution in [2.45, 2.75) is 39.8 Å². The lowest BCUT2D eigenvalue weighted by Crippen LogP contribution is -2.61. The van der Waals surface area contributed by atoms with Crippen LogP contribution in [0.4, 0.5) is 5.69 Å². The van der Waals surface area contributed by atoms with E-state index in [1.165, 1.54) is 7.11 Å². The van der Waals surface area contributed by atoms with E-state index in [0.29, 0.717) is 30.3 Å². The monoisotopic (exact) mass is 659 g/mol. The number of hydrogen-bond donors (Lipinski definition) is 1. The highest BCUT2D eigenvalue weighted by molar-refractivity contribution is 6.06. The fourth-order valence-corrected chi connectivity index (χ4v) is 6.25. The molecule has 10 nitrogen and oxygen atoms in total. The molecule has 1 aromatic heterocycles. The highest BCUT2D eigenvalue weighted by atomic mass is 16.5. The summed E-state index contributed by atoms with van der Waals surface area (Å²) in [6, 6.07) is 26.1. The van der Waals surface area contributed by atoms with Gasteiger partial charge in [-0.2, -0.15) is 0 Å². The summed E-state index contributed by atoms with van der Waals surface area (Å²) in [6.07, 6.45) is 1.73. The summed E-state index contributed by atoms with van der Waals surface area (Å²) < 4.78 is 12.8. The number of piperazine rings is 1. The maximum absolute atomic E-state index is 14.4. The number of esters is 1. The first-order valence-electron chi connectivity index (χ1n) is 16.5. The van der Waals surface area contributed by atoms with Gasteiger partial charge in [0.1, 0.15) is 23.3 Å². The minimum absolute atomic E-state index is 0.128. The minimum atomic E-state index is -0.814. The lowest BCUT2D eigenvalue weighted by molar-refractivity contribution is -0.126. The number of imidazole rings is 1. The standard InChI is InChI=1S/C39H41N5O5/c1-6-49-31-12-9-11-29(21-31)44-23-34(41-36(44)27-16-14-26(4)15-17-27)38(46)43-19-18-42(24-35(43)37(45)40-25(2)3)30-20-28-10-7-8-13-32(28)33(22-30)39(47)48-5/h7-17,20-23,25,35H,6,18-19,24H2,1-5H3,(H,40,45)/t35-/m0/s1. The summed E-state index contributed by atoms with van der Waals surface area (Å²) in [5, 5.41) is 4.67. The average molecular weight is 660 g/mol. The van der Waals surface area contributed by atoms with Gasteiger partial charge in [-0.3, -0.25) is 14.2 Å². The van der Waals surface area contributed by atoms with Gasteiger partial charge in [-0.25, -0.2) is 9.78 Å². The Hall–Kier alpha value is -5.64. The van der Waals surface area contributed by atoms with Crippen molar-refractivity contribution in [3.8, 4) is 22.8 Å². The van der Waals surface area contributed by atoms with Gasteiger partial charge in [0.15, 0.2) is 0 Å². The van der Waals surface area contributed by atoms with Gasteiger partial charge < -0.3 is 24.6 Å². The summed E-state index contributed by atoms with van der Waals surface area (Å²) in [7, 11) is 1.36. The molecule has 0 radical (unpaired) electrons. The van der Waals surface area contributed by atoms with Crippen molar-refractivity contribution in [3.63, 3.8) is 0 Å². The topological polar surface area (TPSA) is 106 Å². The molecule has 1 atom stereocenters. The fraction of sp³-hybridized carbons (Fsp3) is 0.282. The van der Waals surface area contributed by atoms with Crippen molar-refractivity contribution in [1.29, 1.82) is 0 Å². The van der Waals surface area contributed by atoms with Gasteiger partial charge in [-0.15, -0.1) is 0 Å². The molecule has 2 amide bonds. The molecule has 1 fully saturated rings. The smallest absolute Gasteiger partial charge is 0.338 e. The molecule has 2 heterocycles. The highest BCUT2D eigenvalue weighted by Gasteiger charge is 2.37. The normalized spacial score (nSPS) is 14.6. The van der Waals surface area contributed by atoms with Crippen molar-refractivity contribution in [2.24, 2.45) is 0 Å². The number of rotatable bonds is 9. The molecule has 1 aliphatic rings. The molecule has 5 aromatic rings. The third-order valence-electron chi connectivity index (χ3n) is 8.63. The SMILES string of the molecule is CCOc1cccc(-n2cc(C(=O)N3CCN(c4cc(C(=O)OC)c5ccccc5c4)C[C@H]3C(=O)NC(C)C)nc2-c2ccc(C)cc2)c1. The number of aryl methyl sites for hydroxylation is 1.